The van der Waals surface area contributed by atoms with E-state index in [1.165, 1.54) is 26.2 Å². The second-order valence-electron chi connectivity index (χ2n) is 7.08. The van der Waals surface area contributed by atoms with Crippen LogP contribution in [0.2, 0.25) is 0 Å². The molecule has 0 aromatic heterocycles. The Hall–Kier alpha value is -2.57. The van der Waals surface area contributed by atoms with Crippen molar-refractivity contribution in [1.29, 1.82) is 0 Å². The molecule has 1 aromatic carbocycles. The Morgan fingerprint density at radius 3 is 2.59 bits per heavy atom. The van der Waals surface area contributed by atoms with E-state index in [0.29, 0.717) is 12.2 Å². The Morgan fingerprint density at radius 1 is 1.15 bits per heavy atom. The van der Waals surface area contributed by atoms with Gasteiger partial charge in [-0.25, -0.2) is 4.79 Å². The average Bonchev–Trinajstić information content (AvgIpc) is 2.62. The van der Waals surface area contributed by atoms with Gasteiger partial charge in [-0.15, -0.1) is 0 Å². The van der Waals surface area contributed by atoms with E-state index >= 15 is 0 Å². The number of urea groups is 1. The van der Waals surface area contributed by atoms with Crippen LogP contribution in [0, 0.1) is 0 Å². The van der Waals surface area contributed by atoms with Gasteiger partial charge in [-0.3, -0.25) is 9.59 Å². The predicted octanol–water partition coefficient (Wildman–Crippen LogP) is 2.84. The zero-order valence-electron chi connectivity index (χ0n) is 16.1. The van der Waals surface area contributed by atoms with Crippen LogP contribution in [0.5, 0.6) is 0 Å². The Morgan fingerprint density at radius 2 is 1.89 bits per heavy atom. The molecule has 148 valence electrons. The van der Waals surface area contributed by atoms with Gasteiger partial charge in [0.15, 0.2) is 0 Å². The molecule has 0 aliphatic heterocycles. The van der Waals surface area contributed by atoms with Gasteiger partial charge in [0.2, 0.25) is 11.8 Å². The molecule has 0 radical (unpaired) electrons. The third-order valence-corrected chi connectivity index (χ3v) is 4.66. The molecule has 1 aliphatic rings. The second kappa shape index (κ2) is 10.5. The summed E-state index contributed by atoms with van der Waals surface area (Å²) in [6.45, 7) is 3.61. The molecule has 0 bridgehead atoms. The van der Waals surface area contributed by atoms with Crippen LogP contribution in [-0.2, 0) is 9.59 Å². The molecule has 0 unspecified atom stereocenters. The highest BCUT2D eigenvalue weighted by molar-refractivity contribution is 5.88. The summed E-state index contributed by atoms with van der Waals surface area (Å²) >= 11 is 0. The Kier molecular flexibility index (Phi) is 8.10. The first-order chi connectivity index (χ1) is 12.9. The second-order valence-corrected chi connectivity index (χ2v) is 7.08. The number of hydrogen-bond acceptors (Lipinski definition) is 3. The van der Waals surface area contributed by atoms with Crippen molar-refractivity contribution < 1.29 is 14.4 Å². The fraction of sp³-hybridized carbons (Fsp3) is 0.550. The molecule has 0 saturated heterocycles. The molecule has 7 heteroatoms. The zero-order chi connectivity index (χ0) is 19.6. The van der Waals surface area contributed by atoms with Crippen LogP contribution in [0.15, 0.2) is 24.3 Å². The number of benzene rings is 1. The number of carbonyl (C=O) groups is 3. The molecule has 4 amide bonds. The van der Waals surface area contributed by atoms with Crippen LogP contribution < -0.4 is 21.3 Å². The first kappa shape index (κ1) is 20.7. The summed E-state index contributed by atoms with van der Waals surface area (Å²) < 4.78 is 0. The maximum atomic E-state index is 12.0. The Balaban J connectivity index is 1.70. The van der Waals surface area contributed by atoms with Gasteiger partial charge in [-0.2, -0.15) is 0 Å². The highest BCUT2D eigenvalue weighted by atomic mass is 16.2. The van der Waals surface area contributed by atoms with Gasteiger partial charge in [-0.05, 0) is 37.5 Å². The van der Waals surface area contributed by atoms with Crippen molar-refractivity contribution in [3.05, 3.63) is 29.8 Å². The summed E-state index contributed by atoms with van der Waals surface area (Å²) in [6, 6.07) is 7.07. The van der Waals surface area contributed by atoms with Crippen molar-refractivity contribution >= 4 is 23.5 Å². The van der Waals surface area contributed by atoms with E-state index in [1.807, 2.05) is 25.1 Å². The lowest BCUT2D eigenvalue weighted by Crippen LogP contribution is -2.41. The summed E-state index contributed by atoms with van der Waals surface area (Å²) in [5.74, 6) is -0.157. The van der Waals surface area contributed by atoms with Gasteiger partial charge < -0.3 is 21.3 Å². The van der Waals surface area contributed by atoms with Crippen LogP contribution in [0.4, 0.5) is 10.5 Å². The van der Waals surface area contributed by atoms with Gasteiger partial charge in [0.25, 0.3) is 0 Å². The lowest BCUT2D eigenvalue weighted by molar-refractivity contribution is -0.121. The molecule has 7 nitrogen and oxygen atoms in total. The number of anilines is 1. The van der Waals surface area contributed by atoms with Crippen LogP contribution in [-0.4, -0.2) is 30.4 Å². The maximum absolute atomic E-state index is 12.0. The molecule has 1 saturated carbocycles. The van der Waals surface area contributed by atoms with Crippen molar-refractivity contribution in [3.63, 3.8) is 0 Å². The van der Waals surface area contributed by atoms with Crippen molar-refractivity contribution in [2.45, 2.75) is 64.5 Å². The molecule has 0 spiro atoms. The van der Waals surface area contributed by atoms with Crippen LogP contribution in [0.1, 0.15) is 64.0 Å². The SMILES string of the molecule is CC(=O)Nc1cccc([C@@H](C)NC(=O)NCCC(=O)NC2CCCCC2)c1. The topological polar surface area (TPSA) is 99.3 Å². The molecule has 4 N–H and O–H groups in total. The lowest BCUT2D eigenvalue weighted by Gasteiger charge is -2.22. The minimum Gasteiger partial charge on any atom is -0.353 e. The minimum atomic E-state index is -0.321. The lowest BCUT2D eigenvalue weighted by atomic mass is 9.95. The van der Waals surface area contributed by atoms with Gasteiger partial charge in [-0.1, -0.05) is 31.4 Å². The highest BCUT2D eigenvalue weighted by Crippen LogP contribution is 2.18. The fourth-order valence-electron chi connectivity index (χ4n) is 3.26. The molecule has 1 aromatic rings. The third-order valence-electron chi connectivity index (χ3n) is 4.66. The number of hydrogen-bond donors (Lipinski definition) is 4. The van der Waals surface area contributed by atoms with Crippen molar-refractivity contribution in [1.82, 2.24) is 16.0 Å². The highest BCUT2D eigenvalue weighted by Gasteiger charge is 2.16. The largest absolute Gasteiger partial charge is 0.353 e. The molecule has 1 fully saturated rings. The first-order valence-electron chi connectivity index (χ1n) is 9.65. The summed E-state index contributed by atoms with van der Waals surface area (Å²) in [5, 5.41) is 11.3. The number of carbonyl (C=O) groups excluding carboxylic acids is 3. The molecule has 0 heterocycles. The van der Waals surface area contributed by atoms with Crippen molar-refractivity contribution in [3.8, 4) is 0 Å². The van der Waals surface area contributed by atoms with Crippen molar-refractivity contribution in [2.24, 2.45) is 0 Å². The summed E-state index contributed by atoms with van der Waals surface area (Å²) in [6.07, 6.45) is 5.97. The standard InChI is InChI=1S/C20H30N4O3/c1-14(16-7-6-10-18(13-16)23-15(2)25)22-20(27)21-12-11-19(26)24-17-8-4-3-5-9-17/h6-7,10,13-14,17H,3-5,8-9,11-12H2,1-2H3,(H,23,25)(H,24,26)(H2,21,22,27)/t14-/m1/s1. The van der Waals surface area contributed by atoms with Gasteiger partial charge in [0.1, 0.15) is 0 Å². The first-order valence-corrected chi connectivity index (χ1v) is 9.65. The number of nitrogens with one attached hydrogen (secondary N) is 4. The summed E-state index contributed by atoms with van der Waals surface area (Å²) in [7, 11) is 0. The van der Waals surface area contributed by atoms with Gasteiger partial charge in [0.05, 0.1) is 6.04 Å². The van der Waals surface area contributed by atoms with Gasteiger partial charge >= 0.3 is 6.03 Å². The van der Waals surface area contributed by atoms with Crippen LogP contribution >= 0.6 is 0 Å². The van der Waals surface area contributed by atoms with Crippen LogP contribution in [0.25, 0.3) is 0 Å². The fourth-order valence-corrected chi connectivity index (χ4v) is 3.26. The van der Waals surface area contributed by atoms with E-state index in [0.717, 1.165) is 18.4 Å². The molecule has 27 heavy (non-hydrogen) atoms. The van der Waals surface area contributed by atoms with Crippen LogP contribution in [0.3, 0.4) is 0 Å². The van der Waals surface area contributed by atoms with E-state index in [1.54, 1.807) is 6.07 Å². The summed E-state index contributed by atoms with van der Waals surface area (Å²) in [4.78, 5) is 35.1. The Labute approximate surface area is 160 Å². The molecule has 2 rings (SSSR count). The van der Waals surface area contributed by atoms with Gasteiger partial charge in [0, 0.05) is 31.6 Å². The van der Waals surface area contributed by atoms with E-state index in [-0.39, 0.29) is 36.3 Å². The number of rotatable bonds is 7. The van der Waals surface area contributed by atoms with E-state index < -0.39 is 0 Å². The van der Waals surface area contributed by atoms with Crippen molar-refractivity contribution in [2.75, 3.05) is 11.9 Å². The molecular formula is C20H30N4O3. The number of amides is 4. The normalized spacial score (nSPS) is 15.5. The zero-order valence-corrected chi connectivity index (χ0v) is 16.1. The molecular weight excluding hydrogens is 344 g/mol. The smallest absolute Gasteiger partial charge is 0.315 e. The summed E-state index contributed by atoms with van der Waals surface area (Å²) in [5.41, 5.74) is 1.57. The average molecular weight is 374 g/mol. The van der Waals surface area contributed by atoms with E-state index in [2.05, 4.69) is 21.3 Å². The third kappa shape index (κ3) is 7.68. The maximum Gasteiger partial charge on any atom is 0.315 e. The molecule has 1 atom stereocenters. The minimum absolute atomic E-state index is 0.0155. The molecule has 1 aliphatic carbocycles. The van der Waals surface area contributed by atoms with E-state index in [9.17, 15) is 14.4 Å². The quantitative estimate of drug-likeness (QED) is 0.590. The predicted molar refractivity (Wildman–Crippen MR) is 105 cm³/mol. The Bertz CT molecular complexity index is 656. The van der Waals surface area contributed by atoms with E-state index in [4.69, 9.17) is 0 Å². The monoisotopic (exact) mass is 374 g/mol.